The van der Waals surface area contributed by atoms with Crippen LogP contribution in [0.1, 0.15) is 55.4 Å². The first-order valence-corrected chi connectivity index (χ1v) is 24.2. The lowest BCUT2D eigenvalue weighted by molar-refractivity contribution is -0.150. The average Bonchev–Trinajstić information content (AvgIpc) is 3.66. The van der Waals surface area contributed by atoms with Crippen molar-refractivity contribution >= 4 is 43.1 Å². The molecule has 1 saturated heterocycles. The molecule has 3 amide bonds. The minimum atomic E-state index is -3.05. The van der Waals surface area contributed by atoms with Crippen molar-refractivity contribution in [3.05, 3.63) is 119 Å². The molecule has 5 atom stereocenters. The molecule has 3 aliphatic heterocycles. The van der Waals surface area contributed by atoms with Gasteiger partial charge in [-0.05, 0) is 98.9 Å². The van der Waals surface area contributed by atoms with Gasteiger partial charge in [-0.3, -0.25) is 19.3 Å². The summed E-state index contributed by atoms with van der Waals surface area (Å²) in [6.07, 6.45) is 1.09. The Morgan fingerprint density at radius 1 is 0.933 bits per heavy atom. The fraction of sp³-hybridized carbons (Fsp3) is 0.426. The zero-order valence-electron chi connectivity index (χ0n) is 35.0. The quantitative estimate of drug-likeness (QED) is 0.0766. The van der Waals surface area contributed by atoms with E-state index in [1.807, 2.05) is 124 Å². The SMILES string of the molecule is CCOc1ccc2c(c1)CC(NCCCCO)C(=O)N2c1cccc(CN2C(=O)[C@@]3(O[C@@H](CC(=O)N(CCO)Cc4ccccc4)[C@H]([Si](C)(C)O)[C@H]3C)c3ccccc32)c1. The minimum Gasteiger partial charge on any atom is -0.494 e. The van der Waals surface area contributed by atoms with Crippen LogP contribution in [-0.4, -0.2) is 91.0 Å². The van der Waals surface area contributed by atoms with E-state index < -0.39 is 37.5 Å². The van der Waals surface area contributed by atoms with Crippen LogP contribution in [0.3, 0.4) is 0 Å². The van der Waals surface area contributed by atoms with Crippen LogP contribution >= 0.6 is 0 Å². The second-order valence-electron chi connectivity index (χ2n) is 16.7. The third kappa shape index (κ3) is 8.52. The first kappa shape index (κ1) is 43.2. The summed E-state index contributed by atoms with van der Waals surface area (Å²) in [4.78, 5) is 60.4. The maximum absolute atomic E-state index is 15.2. The smallest absolute Gasteiger partial charge is 0.264 e. The summed E-state index contributed by atoms with van der Waals surface area (Å²) in [6, 6.07) is 30.2. The van der Waals surface area contributed by atoms with Gasteiger partial charge in [0.1, 0.15) is 5.75 Å². The van der Waals surface area contributed by atoms with Gasteiger partial charge in [0.2, 0.25) is 11.8 Å². The van der Waals surface area contributed by atoms with Gasteiger partial charge >= 0.3 is 0 Å². The van der Waals surface area contributed by atoms with Gasteiger partial charge in [-0.2, -0.15) is 0 Å². The zero-order chi connectivity index (χ0) is 42.6. The molecular weight excluding hydrogens is 777 g/mol. The zero-order valence-corrected chi connectivity index (χ0v) is 36.0. The van der Waals surface area contributed by atoms with Crippen molar-refractivity contribution in [2.24, 2.45) is 5.92 Å². The maximum Gasteiger partial charge on any atom is 0.264 e. The van der Waals surface area contributed by atoms with Gasteiger partial charge < -0.3 is 39.6 Å². The summed E-state index contributed by atoms with van der Waals surface area (Å²) >= 11 is 0. The molecule has 0 aliphatic carbocycles. The first-order valence-electron chi connectivity index (χ1n) is 21.2. The van der Waals surface area contributed by atoms with E-state index in [1.54, 1.807) is 14.7 Å². The third-order valence-corrected chi connectivity index (χ3v) is 14.7. The summed E-state index contributed by atoms with van der Waals surface area (Å²) in [6.45, 7) is 9.22. The van der Waals surface area contributed by atoms with Crippen LogP contribution in [0.25, 0.3) is 0 Å². The van der Waals surface area contributed by atoms with Gasteiger partial charge in [-0.1, -0.05) is 67.6 Å². The van der Waals surface area contributed by atoms with Crippen molar-refractivity contribution in [1.29, 1.82) is 0 Å². The lowest BCUT2D eigenvalue weighted by atomic mass is 9.82. The van der Waals surface area contributed by atoms with Crippen molar-refractivity contribution in [3.8, 4) is 5.75 Å². The number of ether oxygens (including phenoxy) is 2. The van der Waals surface area contributed by atoms with Crippen LogP contribution in [0.2, 0.25) is 18.6 Å². The third-order valence-electron chi connectivity index (χ3n) is 12.2. The number of para-hydroxylation sites is 1. The summed E-state index contributed by atoms with van der Waals surface area (Å²) in [5.74, 6) is -0.295. The lowest BCUT2D eigenvalue weighted by Crippen LogP contribution is -2.49. The molecule has 1 unspecified atom stereocenters. The molecule has 3 aliphatic rings. The van der Waals surface area contributed by atoms with Crippen molar-refractivity contribution in [1.82, 2.24) is 10.2 Å². The number of hydrogen-bond acceptors (Lipinski definition) is 9. The molecule has 318 valence electrons. The number of benzene rings is 4. The Morgan fingerprint density at radius 2 is 1.68 bits per heavy atom. The van der Waals surface area contributed by atoms with E-state index in [9.17, 15) is 24.6 Å². The van der Waals surface area contributed by atoms with E-state index >= 15 is 4.79 Å². The summed E-state index contributed by atoms with van der Waals surface area (Å²) in [7, 11) is -3.05. The van der Waals surface area contributed by atoms with Crippen LogP contribution in [0.4, 0.5) is 17.1 Å². The summed E-state index contributed by atoms with van der Waals surface area (Å²) in [5, 5.41) is 22.6. The molecule has 0 aromatic heterocycles. The highest BCUT2D eigenvalue weighted by atomic mass is 28.4. The fourth-order valence-corrected chi connectivity index (χ4v) is 12.2. The highest BCUT2D eigenvalue weighted by Crippen LogP contribution is 2.60. The lowest BCUT2D eigenvalue weighted by Gasteiger charge is -2.35. The van der Waals surface area contributed by atoms with Gasteiger partial charge in [-0.25, -0.2) is 0 Å². The van der Waals surface area contributed by atoms with Gasteiger partial charge in [-0.15, -0.1) is 0 Å². The highest BCUT2D eigenvalue weighted by molar-refractivity contribution is 6.71. The Hall–Kier alpha value is -4.89. The van der Waals surface area contributed by atoms with Crippen LogP contribution in [-0.2, 0) is 44.2 Å². The Labute approximate surface area is 353 Å². The van der Waals surface area contributed by atoms with Gasteiger partial charge in [0, 0.05) is 42.4 Å². The number of hydrogen-bond donors (Lipinski definition) is 4. The number of nitrogens with one attached hydrogen (secondary N) is 1. The second-order valence-corrected chi connectivity index (χ2v) is 20.7. The topological polar surface area (TPSA) is 152 Å². The molecule has 1 spiro atoms. The van der Waals surface area contributed by atoms with Crippen LogP contribution < -0.4 is 19.9 Å². The molecule has 4 aromatic rings. The largest absolute Gasteiger partial charge is 0.494 e. The molecule has 3 heterocycles. The Kier molecular flexibility index (Phi) is 13.2. The predicted octanol–water partition coefficient (Wildman–Crippen LogP) is 5.79. The predicted molar refractivity (Wildman–Crippen MR) is 233 cm³/mol. The number of fused-ring (bicyclic) bond motifs is 3. The van der Waals surface area contributed by atoms with E-state index in [1.165, 1.54) is 0 Å². The first-order chi connectivity index (χ1) is 28.9. The number of nitrogens with zero attached hydrogens (tertiary/aromatic N) is 3. The molecule has 0 radical (unpaired) electrons. The highest BCUT2D eigenvalue weighted by Gasteiger charge is 2.66. The Balaban J connectivity index is 1.18. The van der Waals surface area contributed by atoms with Crippen molar-refractivity contribution in [2.75, 3.05) is 42.7 Å². The van der Waals surface area contributed by atoms with E-state index in [0.717, 1.165) is 34.5 Å². The number of unbranched alkanes of at least 4 members (excludes halogenated alkanes) is 1. The van der Waals surface area contributed by atoms with Gasteiger partial charge in [0.25, 0.3) is 5.91 Å². The normalized spacial score (nSPS) is 22.3. The minimum absolute atomic E-state index is 0.0489. The standard InChI is InChI=1S/C47H58N4O8Si/c1-5-58-37-20-21-40-35(27-37)28-39(48-22-11-12-24-52)45(55)51(40)36-17-13-16-34(26-36)31-50-41-19-10-9-18-38(41)47(46(50)56)32(2)44(60(3,4)57)42(59-47)29-43(54)49(23-25-53)30-33-14-7-6-8-15-33/h6-10,13-21,26-27,32,39,42,44,48,52-53,57H,5,11-12,22-25,28-31H2,1-4H3/t32-,39?,42+,44-,47+/m1/s1. The number of carbonyl (C=O) groups excluding carboxylic acids is 3. The molecule has 12 nitrogen and oxygen atoms in total. The molecule has 0 saturated carbocycles. The number of carbonyl (C=O) groups is 3. The second kappa shape index (κ2) is 18.4. The summed E-state index contributed by atoms with van der Waals surface area (Å²) in [5.41, 5.74) is 3.66. The number of aliphatic hydroxyl groups excluding tert-OH is 2. The molecule has 7 rings (SSSR count). The van der Waals surface area contributed by atoms with Crippen molar-refractivity contribution < 1.29 is 38.9 Å². The maximum atomic E-state index is 15.2. The molecule has 1 fully saturated rings. The number of amides is 3. The van der Waals surface area contributed by atoms with E-state index in [-0.39, 0.29) is 50.4 Å². The molecular formula is C47H58N4O8Si. The van der Waals surface area contributed by atoms with E-state index in [0.29, 0.717) is 49.5 Å². The Bertz CT molecular complexity index is 2160. The molecule has 4 aromatic carbocycles. The van der Waals surface area contributed by atoms with E-state index in [4.69, 9.17) is 9.47 Å². The number of aliphatic hydroxyl groups is 2. The average molecular weight is 835 g/mol. The van der Waals surface area contributed by atoms with E-state index in [2.05, 4.69) is 5.32 Å². The molecule has 0 bridgehead atoms. The van der Waals surface area contributed by atoms with Crippen molar-refractivity contribution in [3.63, 3.8) is 0 Å². The molecule has 13 heteroatoms. The molecule has 60 heavy (non-hydrogen) atoms. The summed E-state index contributed by atoms with van der Waals surface area (Å²) < 4.78 is 12.8. The van der Waals surface area contributed by atoms with Gasteiger partial charge in [0.15, 0.2) is 13.9 Å². The number of rotatable bonds is 17. The number of anilines is 3. The van der Waals surface area contributed by atoms with Gasteiger partial charge in [0.05, 0.1) is 49.7 Å². The van der Waals surface area contributed by atoms with Crippen LogP contribution in [0.15, 0.2) is 97.1 Å². The Morgan fingerprint density at radius 3 is 2.42 bits per heavy atom. The van der Waals surface area contributed by atoms with Crippen LogP contribution in [0, 0.1) is 5.92 Å². The monoisotopic (exact) mass is 834 g/mol. The van der Waals surface area contributed by atoms with Crippen molar-refractivity contribution in [2.45, 2.75) is 89.0 Å². The molecule has 4 N–H and O–H groups in total. The fourth-order valence-electron chi connectivity index (χ4n) is 9.60. The van der Waals surface area contributed by atoms with Crippen LogP contribution in [0.5, 0.6) is 5.75 Å².